The number of nitrogens with one attached hydrogen (secondary N) is 1. The number of nitrogens with two attached hydrogens (primary N) is 1. The number of aliphatic carboxylic acids is 1. The van der Waals surface area contributed by atoms with E-state index in [0.29, 0.717) is 0 Å². The van der Waals surface area contributed by atoms with Crippen molar-refractivity contribution in [2.24, 2.45) is 5.73 Å². The lowest BCUT2D eigenvalue weighted by atomic mass is 10.5. The molecule has 0 bridgehead atoms. The third-order valence-electron chi connectivity index (χ3n) is 1.20. The maximum absolute atomic E-state index is 11.0. The number of hydrogen-bond acceptors (Lipinski definition) is 5. The topological polar surface area (TPSA) is 136 Å². The van der Waals surface area contributed by atoms with Crippen LogP contribution in [0.2, 0.25) is 0 Å². The van der Waals surface area contributed by atoms with Crippen LogP contribution in [0.4, 0.5) is 0 Å². The van der Waals surface area contributed by atoms with Crippen LogP contribution in [-0.2, 0) is 24.4 Å². The van der Waals surface area contributed by atoms with Crippen molar-refractivity contribution in [3.05, 3.63) is 0 Å². The molecule has 0 aromatic heterocycles. The van der Waals surface area contributed by atoms with E-state index in [1.54, 1.807) is 0 Å². The molecule has 0 aliphatic carbocycles. The Hall–Kier alpha value is -1.19. The second-order valence-corrected chi connectivity index (χ2v) is 4.33. The summed E-state index contributed by atoms with van der Waals surface area (Å²) in [4.78, 5) is 26.0. The molecule has 0 aromatic rings. The molecule has 82 valence electrons. The van der Waals surface area contributed by atoms with E-state index < -0.39 is 33.8 Å². The summed E-state index contributed by atoms with van der Waals surface area (Å²) in [7, 11) is -4.13. The Labute approximate surface area is 80.0 Å². The van der Waals surface area contributed by atoms with Crippen LogP contribution >= 0.6 is 0 Å². The first-order chi connectivity index (χ1) is 6.27. The summed E-state index contributed by atoms with van der Waals surface area (Å²) in [5.41, 5.74) is 4.64. The standard InChI is InChI=1S/C5H10N2O6S/c1-3(5(9)10)14(11,12)7-13-2-4(6)8/h3,7H,2H2,1H3,(H2,6,8)(H,9,10). The molecule has 0 saturated heterocycles. The quantitative estimate of drug-likeness (QED) is 0.439. The first kappa shape index (κ1) is 12.8. The predicted octanol–water partition coefficient (Wildman–Crippen LogP) is -2.20. The highest BCUT2D eigenvalue weighted by molar-refractivity contribution is 7.90. The molecule has 0 rings (SSSR count). The summed E-state index contributed by atoms with van der Waals surface area (Å²) < 4.78 is 22.0. The molecule has 0 aromatic carbocycles. The number of hydrogen-bond donors (Lipinski definition) is 3. The van der Waals surface area contributed by atoms with Gasteiger partial charge in [-0.05, 0) is 6.92 Å². The summed E-state index contributed by atoms with van der Waals surface area (Å²) in [6.45, 7) is 0.295. The fraction of sp³-hybridized carbons (Fsp3) is 0.600. The number of carbonyl (C=O) groups is 2. The third-order valence-corrected chi connectivity index (χ3v) is 2.69. The lowest BCUT2D eigenvalue weighted by Crippen LogP contribution is -2.38. The van der Waals surface area contributed by atoms with Crippen LogP contribution in [0.5, 0.6) is 0 Å². The Morgan fingerprint density at radius 2 is 2.07 bits per heavy atom. The highest BCUT2D eigenvalue weighted by atomic mass is 32.2. The number of primary amides is 1. The molecule has 1 unspecified atom stereocenters. The second kappa shape index (κ2) is 4.88. The Bertz CT molecular complexity index is 323. The Balaban J connectivity index is 4.22. The van der Waals surface area contributed by atoms with E-state index in [2.05, 4.69) is 10.6 Å². The Morgan fingerprint density at radius 1 is 1.57 bits per heavy atom. The van der Waals surface area contributed by atoms with Crippen LogP contribution in [-0.4, -0.2) is 37.3 Å². The third kappa shape index (κ3) is 4.16. The summed E-state index contributed by atoms with van der Waals surface area (Å²) in [6, 6.07) is 0. The Morgan fingerprint density at radius 3 is 2.43 bits per heavy atom. The van der Waals surface area contributed by atoms with Gasteiger partial charge in [-0.2, -0.15) is 0 Å². The number of carboxylic acids is 1. The van der Waals surface area contributed by atoms with Crippen molar-refractivity contribution in [1.82, 2.24) is 4.89 Å². The zero-order valence-corrected chi connectivity index (χ0v) is 8.08. The highest BCUT2D eigenvalue weighted by Gasteiger charge is 2.27. The average Bonchev–Trinajstić information content (AvgIpc) is 2.01. The van der Waals surface area contributed by atoms with Crippen LogP contribution in [0, 0.1) is 0 Å². The molecule has 0 radical (unpaired) electrons. The minimum atomic E-state index is -4.13. The number of amides is 1. The first-order valence-corrected chi connectivity index (χ1v) is 4.95. The maximum Gasteiger partial charge on any atom is 0.323 e. The molecule has 0 spiro atoms. The molecule has 0 fully saturated rings. The molecule has 1 atom stereocenters. The maximum atomic E-state index is 11.0. The molecule has 0 aliphatic rings. The zero-order chi connectivity index (χ0) is 11.4. The van der Waals surface area contributed by atoms with Gasteiger partial charge in [0, 0.05) is 0 Å². The SMILES string of the molecule is CC(C(=O)O)S(=O)(=O)NOCC(N)=O. The van der Waals surface area contributed by atoms with Gasteiger partial charge in [-0.25, -0.2) is 8.42 Å². The van der Waals surface area contributed by atoms with Gasteiger partial charge in [0.05, 0.1) is 0 Å². The van der Waals surface area contributed by atoms with Gasteiger partial charge in [-0.15, -0.1) is 0 Å². The molecule has 0 heterocycles. The largest absolute Gasteiger partial charge is 0.480 e. The summed E-state index contributed by atoms with van der Waals surface area (Å²) in [5.74, 6) is -2.41. The first-order valence-electron chi connectivity index (χ1n) is 3.41. The monoisotopic (exact) mass is 226 g/mol. The summed E-state index contributed by atoms with van der Waals surface area (Å²) >= 11 is 0. The lowest BCUT2D eigenvalue weighted by Gasteiger charge is -2.08. The smallest absolute Gasteiger partial charge is 0.323 e. The molecule has 8 nitrogen and oxygen atoms in total. The minimum Gasteiger partial charge on any atom is -0.480 e. The van der Waals surface area contributed by atoms with Gasteiger partial charge in [0.25, 0.3) is 0 Å². The van der Waals surface area contributed by atoms with Crippen LogP contribution in [0.25, 0.3) is 0 Å². The van der Waals surface area contributed by atoms with Gasteiger partial charge in [0.1, 0.15) is 6.61 Å². The molecular formula is C5H10N2O6S. The van der Waals surface area contributed by atoms with Crippen molar-refractivity contribution in [2.75, 3.05) is 6.61 Å². The van der Waals surface area contributed by atoms with E-state index in [4.69, 9.17) is 5.11 Å². The van der Waals surface area contributed by atoms with Crippen LogP contribution in [0.3, 0.4) is 0 Å². The number of rotatable bonds is 6. The van der Waals surface area contributed by atoms with Crippen LogP contribution in [0.1, 0.15) is 6.92 Å². The fourth-order valence-corrected chi connectivity index (χ4v) is 1.02. The predicted molar refractivity (Wildman–Crippen MR) is 44.3 cm³/mol. The second-order valence-electron chi connectivity index (χ2n) is 2.36. The van der Waals surface area contributed by atoms with Gasteiger partial charge in [-0.1, -0.05) is 4.89 Å². The van der Waals surface area contributed by atoms with Crippen LogP contribution in [0.15, 0.2) is 0 Å². The van der Waals surface area contributed by atoms with Crippen molar-refractivity contribution < 1.29 is 28.0 Å². The lowest BCUT2D eigenvalue weighted by molar-refractivity contribution is -0.136. The molecule has 14 heavy (non-hydrogen) atoms. The van der Waals surface area contributed by atoms with Crippen LogP contribution < -0.4 is 10.6 Å². The molecule has 0 aliphatic heterocycles. The minimum absolute atomic E-state index is 0.661. The van der Waals surface area contributed by atoms with Gasteiger partial charge in [0.15, 0.2) is 5.25 Å². The normalized spacial score (nSPS) is 13.5. The molecule has 9 heteroatoms. The van der Waals surface area contributed by atoms with E-state index in [0.717, 1.165) is 6.92 Å². The fourth-order valence-electron chi connectivity index (χ4n) is 0.388. The summed E-state index contributed by atoms with van der Waals surface area (Å²) in [5, 5.41) is 6.69. The van der Waals surface area contributed by atoms with Gasteiger partial charge in [0.2, 0.25) is 15.9 Å². The van der Waals surface area contributed by atoms with Crippen molar-refractivity contribution >= 4 is 21.9 Å². The molecule has 4 N–H and O–H groups in total. The zero-order valence-electron chi connectivity index (χ0n) is 7.26. The molecule has 1 amide bonds. The molecule has 0 saturated carbocycles. The molecular weight excluding hydrogens is 216 g/mol. The average molecular weight is 226 g/mol. The van der Waals surface area contributed by atoms with Crippen molar-refractivity contribution in [3.63, 3.8) is 0 Å². The number of carbonyl (C=O) groups excluding carboxylic acids is 1. The number of sulfonamides is 1. The van der Waals surface area contributed by atoms with Gasteiger partial charge < -0.3 is 10.8 Å². The van der Waals surface area contributed by atoms with Crippen molar-refractivity contribution in [2.45, 2.75) is 12.2 Å². The van der Waals surface area contributed by atoms with E-state index >= 15 is 0 Å². The van der Waals surface area contributed by atoms with Crippen molar-refractivity contribution in [1.29, 1.82) is 0 Å². The van der Waals surface area contributed by atoms with Gasteiger partial charge in [-0.3, -0.25) is 14.4 Å². The van der Waals surface area contributed by atoms with E-state index in [-0.39, 0.29) is 0 Å². The van der Waals surface area contributed by atoms with Gasteiger partial charge >= 0.3 is 5.97 Å². The Kier molecular flexibility index (Phi) is 4.47. The number of carboxylic acid groups (broad SMARTS) is 1. The van der Waals surface area contributed by atoms with E-state index in [1.807, 2.05) is 0 Å². The highest BCUT2D eigenvalue weighted by Crippen LogP contribution is 1.97. The van der Waals surface area contributed by atoms with E-state index in [1.165, 1.54) is 4.89 Å². The van der Waals surface area contributed by atoms with Crippen molar-refractivity contribution in [3.8, 4) is 0 Å². The van der Waals surface area contributed by atoms with E-state index in [9.17, 15) is 18.0 Å². The summed E-state index contributed by atoms with van der Waals surface area (Å²) in [6.07, 6.45) is 0.